The molecule has 0 aliphatic carbocycles. The summed E-state index contributed by atoms with van der Waals surface area (Å²) in [5.74, 6) is -1.12. The Morgan fingerprint density at radius 2 is 1.69 bits per heavy atom. The Labute approximate surface area is 154 Å². The summed E-state index contributed by atoms with van der Waals surface area (Å²) in [5, 5.41) is 22.8. The summed E-state index contributed by atoms with van der Waals surface area (Å²) in [6, 6.07) is 15.4. The molecule has 0 bridgehead atoms. The van der Waals surface area contributed by atoms with Gasteiger partial charge >= 0.3 is 5.97 Å². The molecule has 140 valence electrons. The molecule has 0 saturated carbocycles. The molecule has 2 aromatic rings. The Bertz CT molecular complexity index is 689. The predicted molar refractivity (Wildman–Crippen MR) is 103 cm³/mol. The number of nitrogens with two attached hydrogens (primary N) is 1. The van der Waals surface area contributed by atoms with Crippen molar-refractivity contribution in [2.75, 3.05) is 19.0 Å². The summed E-state index contributed by atoms with van der Waals surface area (Å²) in [4.78, 5) is 13.6. The number of aliphatic hydroxyl groups is 1. The van der Waals surface area contributed by atoms with Gasteiger partial charge in [-0.15, -0.1) is 0 Å². The zero-order valence-electron chi connectivity index (χ0n) is 15.2. The topological polar surface area (TPSA) is 98.8 Å². The molecule has 0 aromatic heterocycles. The standard InChI is InChI=1S/C20H27N3O3/c1-23(2)16-10-8-15(9-11-16)13-22-18(20(25)26)19(24)17(21)12-14-6-4-3-5-7-14/h3-11,17-19,22,24H,12-13,21H2,1-2H3,(H,25,26)/t17-,18+,19+/m0/s1. The highest BCUT2D eigenvalue weighted by Crippen LogP contribution is 2.13. The zero-order valence-corrected chi connectivity index (χ0v) is 15.2. The van der Waals surface area contributed by atoms with Gasteiger partial charge in [-0.1, -0.05) is 42.5 Å². The van der Waals surface area contributed by atoms with E-state index < -0.39 is 24.2 Å². The van der Waals surface area contributed by atoms with Gasteiger partial charge in [-0.05, 0) is 29.7 Å². The minimum absolute atomic E-state index is 0.333. The maximum absolute atomic E-state index is 11.6. The molecule has 6 heteroatoms. The highest BCUT2D eigenvalue weighted by atomic mass is 16.4. The van der Waals surface area contributed by atoms with Crippen LogP contribution >= 0.6 is 0 Å². The minimum Gasteiger partial charge on any atom is -0.480 e. The van der Waals surface area contributed by atoms with Gasteiger partial charge in [0.2, 0.25) is 0 Å². The molecule has 3 atom stereocenters. The quantitative estimate of drug-likeness (QED) is 0.539. The third kappa shape index (κ3) is 5.56. The van der Waals surface area contributed by atoms with Crippen molar-refractivity contribution in [1.82, 2.24) is 5.32 Å². The molecule has 0 spiro atoms. The minimum atomic E-state index is -1.20. The summed E-state index contributed by atoms with van der Waals surface area (Å²) in [5.41, 5.74) is 9.01. The van der Waals surface area contributed by atoms with Gasteiger partial charge in [0.05, 0.1) is 6.10 Å². The monoisotopic (exact) mass is 357 g/mol. The maximum atomic E-state index is 11.6. The summed E-state index contributed by atoms with van der Waals surface area (Å²) >= 11 is 0. The molecule has 26 heavy (non-hydrogen) atoms. The second-order valence-electron chi connectivity index (χ2n) is 6.60. The predicted octanol–water partition coefficient (Wildman–Crippen LogP) is 1.23. The number of carbonyl (C=O) groups is 1. The third-order valence-corrected chi connectivity index (χ3v) is 4.34. The molecule has 0 heterocycles. The van der Waals surface area contributed by atoms with Crippen LogP contribution in [0, 0.1) is 0 Å². The highest BCUT2D eigenvalue weighted by Gasteiger charge is 2.30. The molecule has 5 N–H and O–H groups in total. The number of carboxylic acid groups (broad SMARTS) is 1. The Hall–Kier alpha value is -2.41. The van der Waals surface area contributed by atoms with E-state index in [1.165, 1.54) is 0 Å². The number of carboxylic acids is 1. The summed E-state index contributed by atoms with van der Waals surface area (Å²) in [6.07, 6.45) is -0.792. The summed E-state index contributed by atoms with van der Waals surface area (Å²) in [6.45, 7) is 0.333. The Balaban J connectivity index is 1.97. The Morgan fingerprint density at radius 1 is 1.08 bits per heavy atom. The van der Waals surface area contributed by atoms with Gasteiger partial charge in [0.1, 0.15) is 6.04 Å². The second kappa shape index (κ2) is 9.33. The average Bonchev–Trinajstić information content (AvgIpc) is 2.62. The lowest BCUT2D eigenvalue weighted by Gasteiger charge is -2.26. The molecular weight excluding hydrogens is 330 g/mol. The number of rotatable bonds is 9. The lowest BCUT2D eigenvalue weighted by molar-refractivity contribution is -0.143. The van der Waals surface area contributed by atoms with Crippen LogP contribution in [0.3, 0.4) is 0 Å². The fraction of sp³-hybridized carbons (Fsp3) is 0.350. The molecule has 6 nitrogen and oxygen atoms in total. The molecule has 0 fully saturated rings. The largest absolute Gasteiger partial charge is 0.480 e. The lowest BCUT2D eigenvalue weighted by atomic mass is 9.97. The van der Waals surface area contributed by atoms with Crippen LogP contribution in [0.4, 0.5) is 5.69 Å². The molecular formula is C20H27N3O3. The van der Waals surface area contributed by atoms with Crippen molar-refractivity contribution in [2.24, 2.45) is 5.73 Å². The van der Waals surface area contributed by atoms with E-state index in [0.29, 0.717) is 13.0 Å². The van der Waals surface area contributed by atoms with Gasteiger partial charge in [-0.3, -0.25) is 10.1 Å². The number of aliphatic carboxylic acids is 1. The van der Waals surface area contributed by atoms with Crippen LogP contribution in [0.2, 0.25) is 0 Å². The number of benzene rings is 2. The van der Waals surface area contributed by atoms with Crippen LogP contribution in [-0.4, -0.2) is 48.5 Å². The molecule has 2 rings (SSSR count). The molecule has 0 aliphatic heterocycles. The van der Waals surface area contributed by atoms with Gasteiger partial charge in [-0.2, -0.15) is 0 Å². The number of anilines is 1. The van der Waals surface area contributed by atoms with Gasteiger partial charge in [0, 0.05) is 32.4 Å². The van der Waals surface area contributed by atoms with Crippen LogP contribution in [0.1, 0.15) is 11.1 Å². The first-order chi connectivity index (χ1) is 12.4. The highest BCUT2D eigenvalue weighted by molar-refractivity contribution is 5.74. The van der Waals surface area contributed by atoms with E-state index in [2.05, 4.69) is 5.32 Å². The van der Waals surface area contributed by atoms with Gasteiger partial charge in [0.25, 0.3) is 0 Å². The van der Waals surface area contributed by atoms with Crippen molar-refractivity contribution < 1.29 is 15.0 Å². The van der Waals surface area contributed by atoms with Crippen molar-refractivity contribution in [2.45, 2.75) is 31.2 Å². The van der Waals surface area contributed by atoms with Crippen molar-refractivity contribution in [3.05, 3.63) is 65.7 Å². The molecule has 0 unspecified atom stereocenters. The second-order valence-corrected chi connectivity index (χ2v) is 6.60. The molecule has 0 aliphatic rings. The maximum Gasteiger partial charge on any atom is 0.323 e. The number of nitrogens with one attached hydrogen (secondary N) is 1. The number of aliphatic hydroxyl groups excluding tert-OH is 1. The van der Waals surface area contributed by atoms with E-state index in [0.717, 1.165) is 16.8 Å². The van der Waals surface area contributed by atoms with Crippen LogP contribution < -0.4 is 16.0 Å². The first-order valence-electron chi connectivity index (χ1n) is 8.58. The molecule has 0 radical (unpaired) electrons. The van der Waals surface area contributed by atoms with Crippen molar-refractivity contribution in [1.29, 1.82) is 0 Å². The van der Waals surface area contributed by atoms with E-state index in [1.54, 1.807) is 0 Å². The molecule has 2 aromatic carbocycles. The fourth-order valence-corrected chi connectivity index (χ4v) is 2.75. The fourth-order valence-electron chi connectivity index (χ4n) is 2.75. The van der Waals surface area contributed by atoms with Crippen LogP contribution in [0.5, 0.6) is 0 Å². The number of hydrogen-bond acceptors (Lipinski definition) is 5. The van der Waals surface area contributed by atoms with Crippen molar-refractivity contribution >= 4 is 11.7 Å². The summed E-state index contributed by atoms with van der Waals surface area (Å²) in [7, 11) is 3.91. The van der Waals surface area contributed by atoms with Gasteiger partial charge < -0.3 is 20.8 Å². The van der Waals surface area contributed by atoms with Gasteiger partial charge in [0.15, 0.2) is 0 Å². The lowest BCUT2D eigenvalue weighted by Crippen LogP contribution is -2.54. The van der Waals surface area contributed by atoms with Crippen molar-refractivity contribution in [3.63, 3.8) is 0 Å². The van der Waals surface area contributed by atoms with Crippen LogP contribution in [-0.2, 0) is 17.8 Å². The Morgan fingerprint density at radius 3 is 2.23 bits per heavy atom. The van der Waals surface area contributed by atoms with Crippen LogP contribution in [0.25, 0.3) is 0 Å². The van der Waals surface area contributed by atoms with E-state index in [4.69, 9.17) is 5.73 Å². The Kier molecular flexibility index (Phi) is 7.15. The van der Waals surface area contributed by atoms with Crippen molar-refractivity contribution in [3.8, 4) is 0 Å². The average molecular weight is 357 g/mol. The van der Waals surface area contributed by atoms with Crippen LogP contribution in [0.15, 0.2) is 54.6 Å². The molecule has 0 amide bonds. The van der Waals surface area contributed by atoms with E-state index in [9.17, 15) is 15.0 Å². The smallest absolute Gasteiger partial charge is 0.323 e. The third-order valence-electron chi connectivity index (χ3n) is 4.34. The zero-order chi connectivity index (χ0) is 19.1. The first kappa shape index (κ1) is 19.9. The van der Waals surface area contributed by atoms with E-state index in [1.807, 2.05) is 73.6 Å². The first-order valence-corrected chi connectivity index (χ1v) is 8.58. The summed E-state index contributed by atoms with van der Waals surface area (Å²) < 4.78 is 0. The van der Waals surface area contributed by atoms with Gasteiger partial charge in [-0.25, -0.2) is 0 Å². The van der Waals surface area contributed by atoms with E-state index in [-0.39, 0.29) is 0 Å². The number of hydrogen-bond donors (Lipinski definition) is 4. The van der Waals surface area contributed by atoms with E-state index >= 15 is 0 Å². The molecule has 0 saturated heterocycles. The number of nitrogens with zero attached hydrogens (tertiary/aromatic N) is 1. The normalized spacial score (nSPS) is 14.5. The SMILES string of the molecule is CN(C)c1ccc(CN[C@@H](C(=O)O)[C@H](O)[C@@H](N)Cc2ccccc2)cc1.